The Labute approximate surface area is 117 Å². The van der Waals surface area contributed by atoms with Gasteiger partial charge in [-0.3, -0.25) is 0 Å². The third-order valence-corrected chi connectivity index (χ3v) is 4.98. The third-order valence-electron chi connectivity index (χ3n) is 3.97. The molecule has 2 heterocycles. The van der Waals surface area contributed by atoms with E-state index in [9.17, 15) is 4.39 Å². The van der Waals surface area contributed by atoms with Crippen molar-refractivity contribution in [2.24, 2.45) is 10.8 Å². The molecule has 6 heteroatoms. The van der Waals surface area contributed by atoms with Crippen LogP contribution in [0.15, 0.2) is 29.2 Å². The molecule has 2 fully saturated rings. The van der Waals surface area contributed by atoms with Crippen molar-refractivity contribution in [2.75, 3.05) is 12.4 Å². The fraction of sp³-hybridized carbons (Fsp3) is 0.462. The maximum atomic E-state index is 14.2. The Balaban J connectivity index is 2.09. The van der Waals surface area contributed by atoms with Gasteiger partial charge in [0.25, 0.3) is 7.98 Å². The van der Waals surface area contributed by atoms with E-state index < -0.39 is 5.54 Å². The average molecular weight is 276 g/mol. The molecule has 1 aromatic rings. The van der Waals surface area contributed by atoms with Gasteiger partial charge in [0, 0.05) is 17.2 Å². The highest BCUT2D eigenvalue weighted by atomic mass is 32.2. The fourth-order valence-electron chi connectivity index (χ4n) is 2.93. The molecular weight excluding hydrogens is 262 g/mol. The molecule has 19 heavy (non-hydrogen) atoms. The van der Waals surface area contributed by atoms with E-state index >= 15 is 0 Å². The van der Waals surface area contributed by atoms with Crippen LogP contribution in [0.2, 0.25) is 0 Å². The predicted molar refractivity (Wildman–Crippen MR) is 75.8 cm³/mol. The molecule has 2 aliphatic rings. The molecule has 2 aliphatic heterocycles. The molecule has 0 unspecified atom stereocenters. The van der Waals surface area contributed by atoms with E-state index in [1.807, 2.05) is 13.0 Å². The van der Waals surface area contributed by atoms with Crippen molar-refractivity contribution in [2.45, 2.75) is 18.6 Å². The Morgan fingerprint density at radius 1 is 1.53 bits per heavy atom. The first-order valence-corrected chi connectivity index (χ1v) is 7.21. The van der Waals surface area contributed by atoms with Gasteiger partial charge in [0.1, 0.15) is 11.0 Å². The number of thioether (sulfide) groups is 1. The van der Waals surface area contributed by atoms with Crippen LogP contribution in [-0.4, -0.2) is 31.6 Å². The maximum absolute atomic E-state index is 14.2. The molecule has 2 radical (unpaired) electrons. The summed E-state index contributed by atoms with van der Waals surface area (Å²) in [6, 6.07) is 6.82. The molecule has 0 bridgehead atoms. The zero-order valence-corrected chi connectivity index (χ0v) is 11.4. The number of nitrogens with zero attached hydrogens (tertiary/aromatic N) is 1. The lowest BCUT2D eigenvalue weighted by molar-refractivity contribution is 0.107. The molecule has 3 rings (SSSR count). The van der Waals surface area contributed by atoms with Gasteiger partial charge in [0.15, 0.2) is 0 Å². The van der Waals surface area contributed by atoms with E-state index in [4.69, 9.17) is 12.7 Å². The van der Waals surface area contributed by atoms with Gasteiger partial charge in [0.2, 0.25) is 0 Å². The van der Waals surface area contributed by atoms with E-state index in [0.29, 0.717) is 17.3 Å². The summed E-state index contributed by atoms with van der Waals surface area (Å²) in [5.41, 5.74) is 0.0691. The van der Waals surface area contributed by atoms with Gasteiger partial charge in [-0.2, -0.15) is 0 Å². The predicted octanol–water partition coefficient (Wildman–Crippen LogP) is 1.83. The zero-order valence-electron chi connectivity index (χ0n) is 10.6. The van der Waals surface area contributed by atoms with Crippen LogP contribution < -0.4 is 5.32 Å². The molecule has 0 spiro atoms. The van der Waals surface area contributed by atoms with Gasteiger partial charge in [-0.05, 0) is 13.0 Å². The van der Waals surface area contributed by atoms with Gasteiger partial charge in [0.05, 0.1) is 18.2 Å². The molecule has 1 N–H and O–H groups in total. The Morgan fingerprint density at radius 2 is 2.32 bits per heavy atom. The number of hydrogen-bond donors (Lipinski definition) is 1. The lowest BCUT2D eigenvalue weighted by atomic mass is 9.78. The molecule has 0 aliphatic carbocycles. The lowest BCUT2D eigenvalue weighted by Crippen LogP contribution is -2.55. The van der Waals surface area contributed by atoms with Crippen molar-refractivity contribution in [1.29, 1.82) is 0 Å². The number of benzene rings is 1. The monoisotopic (exact) mass is 276 g/mol. The van der Waals surface area contributed by atoms with E-state index in [-0.39, 0.29) is 17.8 Å². The van der Waals surface area contributed by atoms with Crippen LogP contribution in [0.4, 0.5) is 4.39 Å². The number of fused-ring (bicyclic) bond motifs is 1. The molecule has 0 saturated carbocycles. The summed E-state index contributed by atoms with van der Waals surface area (Å²) in [4.78, 5) is 3.72. The van der Waals surface area contributed by atoms with E-state index in [2.05, 4.69) is 10.2 Å². The highest BCUT2D eigenvalue weighted by molar-refractivity contribution is 8.13. The minimum absolute atomic E-state index is 0.0823. The fourth-order valence-corrected chi connectivity index (χ4v) is 4.15. The van der Waals surface area contributed by atoms with Crippen LogP contribution in [0.5, 0.6) is 0 Å². The van der Waals surface area contributed by atoms with E-state index in [1.165, 1.54) is 6.07 Å². The first-order valence-electron chi connectivity index (χ1n) is 6.23. The lowest BCUT2D eigenvalue weighted by Gasteiger charge is -2.41. The van der Waals surface area contributed by atoms with E-state index in [0.717, 1.165) is 5.75 Å². The average Bonchev–Trinajstić information content (AvgIpc) is 2.77. The van der Waals surface area contributed by atoms with E-state index in [1.54, 1.807) is 23.9 Å². The van der Waals surface area contributed by atoms with Gasteiger partial charge in [-0.1, -0.05) is 30.0 Å². The number of halogens is 1. The summed E-state index contributed by atoms with van der Waals surface area (Å²) in [5, 5.41) is 3.93. The number of rotatable bonds is 1. The summed E-state index contributed by atoms with van der Waals surface area (Å²) in [7, 11) is 5.37. The van der Waals surface area contributed by atoms with Crippen molar-refractivity contribution >= 4 is 24.9 Å². The van der Waals surface area contributed by atoms with Crippen LogP contribution in [-0.2, 0) is 10.3 Å². The Morgan fingerprint density at radius 3 is 3.05 bits per heavy atom. The molecule has 2 saturated heterocycles. The largest absolute Gasteiger partial charge is 0.375 e. The number of nitrogens with one attached hydrogen (secondary N) is 1. The summed E-state index contributed by atoms with van der Waals surface area (Å²) in [6.45, 7) is 2.46. The third kappa shape index (κ3) is 1.97. The highest BCUT2D eigenvalue weighted by Crippen LogP contribution is 2.45. The van der Waals surface area contributed by atoms with Gasteiger partial charge >= 0.3 is 0 Å². The zero-order chi connectivity index (χ0) is 13.5. The van der Waals surface area contributed by atoms with Crippen molar-refractivity contribution in [3.63, 3.8) is 0 Å². The van der Waals surface area contributed by atoms with Gasteiger partial charge in [-0.15, -0.1) is 0 Å². The molecule has 98 valence electrons. The van der Waals surface area contributed by atoms with Crippen molar-refractivity contribution in [3.8, 4) is 0 Å². The summed E-state index contributed by atoms with van der Waals surface area (Å²) in [5.74, 6) is 0.791. The first-order chi connectivity index (χ1) is 9.17. The normalized spacial score (nSPS) is 36.0. The molecule has 0 amide bonds. The minimum Gasteiger partial charge on any atom is -0.375 e. The Kier molecular flexibility index (Phi) is 3.31. The summed E-state index contributed by atoms with van der Waals surface area (Å²) < 4.78 is 20.0. The maximum Gasteiger partial charge on any atom is 0.263 e. The van der Waals surface area contributed by atoms with Crippen molar-refractivity contribution in [1.82, 2.24) is 5.32 Å². The topological polar surface area (TPSA) is 33.6 Å². The second-order valence-corrected chi connectivity index (χ2v) is 5.95. The Hall–Kier alpha value is -1.01. The molecule has 0 aromatic heterocycles. The number of amidine groups is 1. The molecule has 1 aromatic carbocycles. The molecule has 3 atom stereocenters. The molecule has 3 nitrogen and oxygen atoms in total. The van der Waals surface area contributed by atoms with Crippen LogP contribution in [0.3, 0.4) is 0 Å². The summed E-state index contributed by atoms with van der Waals surface area (Å²) in [6.07, 6.45) is 0.0823. The second-order valence-electron chi connectivity index (χ2n) is 4.94. The smallest absolute Gasteiger partial charge is 0.263 e. The summed E-state index contributed by atoms with van der Waals surface area (Å²) >= 11 is 1.55. The van der Waals surface area contributed by atoms with Crippen molar-refractivity contribution < 1.29 is 9.13 Å². The number of hydrogen-bond acceptors (Lipinski definition) is 3. The van der Waals surface area contributed by atoms with Gasteiger partial charge < -0.3 is 15.0 Å². The first kappa shape index (κ1) is 13.0. The quantitative estimate of drug-likeness (QED) is 0.794. The van der Waals surface area contributed by atoms with Crippen LogP contribution in [0, 0.1) is 11.7 Å². The Bertz CT molecular complexity index is 527. The highest BCUT2D eigenvalue weighted by Gasteiger charge is 2.53. The molecular formula is C13H14BFN2OS. The van der Waals surface area contributed by atoms with Crippen molar-refractivity contribution in [3.05, 3.63) is 35.6 Å². The van der Waals surface area contributed by atoms with Crippen LogP contribution >= 0.6 is 11.8 Å². The van der Waals surface area contributed by atoms with Gasteiger partial charge in [-0.25, -0.2) is 4.39 Å². The minimum atomic E-state index is -0.561. The second kappa shape index (κ2) is 4.83. The standard InChI is InChI=1S/C13H14BFN2OS/c1-8-10-6-19-12(17-14)16-13(10,7-18-8)9-4-2-3-5-11(9)15/h2-5,8,10H,6-7H2,1H3,(H,16,17)/t8-,10-,13-/m1/s1. The SMILES string of the molecule is [B]N=C1N[C@@]2(c3ccccc3F)CO[C@H](C)[C@H]2CS1. The van der Waals surface area contributed by atoms with Crippen LogP contribution in [0.1, 0.15) is 12.5 Å². The number of ether oxygens (including phenoxy) is 1. The van der Waals surface area contributed by atoms with Crippen LogP contribution in [0.25, 0.3) is 0 Å².